The fourth-order valence-corrected chi connectivity index (χ4v) is 3.41. The van der Waals surface area contributed by atoms with Crippen molar-refractivity contribution in [3.05, 3.63) is 33.9 Å². The van der Waals surface area contributed by atoms with Gasteiger partial charge in [-0.3, -0.25) is 0 Å². The van der Waals surface area contributed by atoms with Crippen LogP contribution >= 0.6 is 22.9 Å². The second kappa shape index (κ2) is 5.58. The average Bonchev–Trinajstić information content (AvgIpc) is 3.14. The number of nitrogens with zero attached hydrogens (tertiary/aromatic N) is 4. The van der Waals surface area contributed by atoms with Gasteiger partial charge in [0.15, 0.2) is 5.65 Å². The van der Waals surface area contributed by atoms with Gasteiger partial charge in [0.1, 0.15) is 11.3 Å². The second-order valence-corrected chi connectivity index (χ2v) is 5.82. The van der Waals surface area contributed by atoms with Crippen molar-refractivity contribution in [2.45, 2.75) is 39.2 Å². The maximum absolute atomic E-state index is 6.06. The zero-order chi connectivity index (χ0) is 14.1. The molecular weight excluding hydrogens is 292 g/mol. The molecule has 3 heterocycles. The van der Waals surface area contributed by atoms with E-state index in [9.17, 15) is 0 Å². The maximum atomic E-state index is 6.06. The number of hydrogen-bond donors (Lipinski definition) is 0. The van der Waals surface area contributed by atoms with E-state index in [1.807, 2.05) is 11.6 Å². The van der Waals surface area contributed by atoms with Gasteiger partial charge in [-0.2, -0.15) is 16.4 Å². The predicted molar refractivity (Wildman–Crippen MR) is 83.5 cm³/mol. The van der Waals surface area contributed by atoms with Crippen molar-refractivity contribution >= 4 is 34.1 Å². The summed E-state index contributed by atoms with van der Waals surface area (Å²) in [5.41, 5.74) is 4.41. The Bertz CT molecular complexity index is 711. The first-order valence-electron chi connectivity index (χ1n) is 6.74. The lowest BCUT2D eigenvalue weighted by Crippen LogP contribution is -2.09. The molecular formula is C14H17ClN4S. The minimum Gasteiger partial charge on any atom is -0.312 e. The van der Waals surface area contributed by atoms with Crippen molar-refractivity contribution in [2.75, 3.05) is 0 Å². The molecule has 0 unspecified atom stereocenters. The molecule has 0 N–H and O–H groups in total. The van der Waals surface area contributed by atoms with E-state index in [-0.39, 0.29) is 0 Å². The Morgan fingerprint density at radius 3 is 2.90 bits per heavy atom. The van der Waals surface area contributed by atoms with Crippen LogP contribution in [0.3, 0.4) is 0 Å². The van der Waals surface area contributed by atoms with Crippen LogP contribution in [0.25, 0.3) is 11.2 Å². The molecule has 0 radical (unpaired) electrons. The van der Waals surface area contributed by atoms with Crippen molar-refractivity contribution < 1.29 is 0 Å². The Kier molecular flexibility index (Phi) is 3.81. The predicted octanol–water partition coefficient (Wildman–Crippen LogP) is 3.60. The van der Waals surface area contributed by atoms with Crippen LogP contribution in [0.15, 0.2) is 16.8 Å². The van der Waals surface area contributed by atoms with E-state index in [1.165, 1.54) is 5.56 Å². The van der Waals surface area contributed by atoms with Crippen LogP contribution in [0.5, 0.6) is 0 Å². The average molecular weight is 309 g/mol. The summed E-state index contributed by atoms with van der Waals surface area (Å²) in [6.45, 7) is 5.84. The number of fused-ring (bicyclic) bond motifs is 1. The van der Waals surface area contributed by atoms with Crippen molar-refractivity contribution in [2.24, 2.45) is 0 Å². The summed E-state index contributed by atoms with van der Waals surface area (Å²) in [5, 5.41) is 8.85. The molecule has 0 fully saturated rings. The third-order valence-electron chi connectivity index (χ3n) is 3.50. The molecule has 6 heteroatoms. The van der Waals surface area contributed by atoms with Gasteiger partial charge in [0, 0.05) is 13.1 Å². The number of aromatic nitrogens is 4. The van der Waals surface area contributed by atoms with E-state index in [4.69, 9.17) is 11.6 Å². The van der Waals surface area contributed by atoms with Crippen LogP contribution in [0.4, 0.5) is 0 Å². The van der Waals surface area contributed by atoms with Crippen molar-refractivity contribution in [3.8, 4) is 0 Å². The summed E-state index contributed by atoms with van der Waals surface area (Å²) in [4.78, 5) is 4.65. The van der Waals surface area contributed by atoms with Crippen molar-refractivity contribution in [1.82, 2.24) is 19.3 Å². The molecule has 106 valence electrons. The van der Waals surface area contributed by atoms with Crippen LogP contribution in [0.2, 0.25) is 0 Å². The Morgan fingerprint density at radius 1 is 1.40 bits per heavy atom. The summed E-state index contributed by atoms with van der Waals surface area (Å²) >= 11 is 7.79. The van der Waals surface area contributed by atoms with Gasteiger partial charge in [0.2, 0.25) is 0 Å². The standard InChI is InChI=1S/C14H17ClN4S/c1-3-19-14-13(10(2)17-19)16-12(8-15)18(14)6-4-11-5-7-20-9-11/h5,7,9H,3-4,6,8H2,1-2H3. The Hall–Kier alpha value is -1.33. The van der Waals surface area contributed by atoms with Crippen molar-refractivity contribution in [1.29, 1.82) is 0 Å². The molecule has 0 aliphatic heterocycles. The first-order chi connectivity index (χ1) is 9.74. The van der Waals surface area contributed by atoms with Gasteiger partial charge in [0.25, 0.3) is 0 Å². The van der Waals surface area contributed by atoms with E-state index in [0.29, 0.717) is 5.88 Å². The van der Waals surface area contributed by atoms with Gasteiger partial charge in [-0.1, -0.05) is 0 Å². The smallest absolute Gasteiger partial charge is 0.158 e. The lowest BCUT2D eigenvalue weighted by molar-refractivity contribution is 0.616. The molecule has 4 nitrogen and oxygen atoms in total. The highest BCUT2D eigenvalue weighted by Gasteiger charge is 2.17. The molecule has 3 aromatic rings. The number of imidazole rings is 1. The minimum absolute atomic E-state index is 0.432. The normalized spacial score (nSPS) is 11.6. The van der Waals surface area contributed by atoms with Gasteiger partial charge in [-0.25, -0.2) is 9.67 Å². The monoisotopic (exact) mass is 308 g/mol. The molecule has 20 heavy (non-hydrogen) atoms. The summed E-state index contributed by atoms with van der Waals surface area (Å²) in [6, 6.07) is 2.17. The van der Waals surface area contributed by atoms with Gasteiger partial charge in [0.05, 0.1) is 11.6 Å². The van der Waals surface area contributed by atoms with Gasteiger partial charge in [-0.15, -0.1) is 11.6 Å². The van der Waals surface area contributed by atoms with E-state index in [2.05, 4.69) is 38.4 Å². The highest BCUT2D eigenvalue weighted by atomic mass is 35.5. The molecule has 0 atom stereocenters. The molecule has 0 spiro atoms. The molecule has 3 rings (SSSR count). The van der Waals surface area contributed by atoms with Crippen LogP contribution in [0.1, 0.15) is 24.0 Å². The molecule has 0 aliphatic rings. The Labute approximate surface area is 127 Å². The first kappa shape index (κ1) is 13.6. The van der Waals surface area contributed by atoms with E-state index in [0.717, 1.165) is 42.2 Å². The Morgan fingerprint density at radius 2 is 2.25 bits per heavy atom. The van der Waals surface area contributed by atoms with Crippen LogP contribution < -0.4 is 0 Å². The maximum Gasteiger partial charge on any atom is 0.158 e. The van der Waals surface area contributed by atoms with Gasteiger partial charge in [-0.05, 0) is 42.7 Å². The number of halogens is 1. The third-order valence-corrected chi connectivity index (χ3v) is 4.47. The topological polar surface area (TPSA) is 35.6 Å². The molecule has 0 bridgehead atoms. The zero-order valence-corrected chi connectivity index (χ0v) is 13.2. The van der Waals surface area contributed by atoms with Crippen LogP contribution in [0, 0.1) is 6.92 Å². The number of aryl methyl sites for hydroxylation is 4. The SMILES string of the molecule is CCn1nc(C)c2nc(CCl)n(CCc3ccsc3)c21. The summed E-state index contributed by atoms with van der Waals surface area (Å²) in [7, 11) is 0. The summed E-state index contributed by atoms with van der Waals surface area (Å²) < 4.78 is 4.23. The third kappa shape index (κ3) is 2.25. The van der Waals surface area contributed by atoms with Gasteiger partial charge < -0.3 is 4.57 Å². The highest BCUT2D eigenvalue weighted by molar-refractivity contribution is 7.07. The van der Waals surface area contributed by atoms with E-state index in [1.54, 1.807) is 11.3 Å². The zero-order valence-electron chi connectivity index (χ0n) is 11.6. The van der Waals surface area contributed by atoms with Crippen LogP contribution in [-0.2, 0) is 25.4 Å². The minimum atomic E-state index is 0.432. The fourth-order valence-electron chi connectivity index (χ4n) is 2.50. The molecule has 0 aromatic carbocycles. The Balaban J connectivity index is 2.02. The second-order valence-electron chi connectivity index (χ2n) is 4.77. The first-order valence-corrected chi connectivity index (χ1v) is 8.21. The molecule has 3 aromatic heterocycles. The quantitative estimate of drug-likeness (QED) is 0.675. The number of hydrogen-bond acceptors (Lipinski definition) is 3. The largest absolute Gasteiger partial charge is 0.312 e. The van der Waals surface area contributed by atoms with Gasteiger partial charge >= 0.3 is 0 Å². The van der Waals surface area contributed by atoms with Crippen LogP contribution in [-0.4, -0.2) is 19.3 Å². The molecule has 0 saturated heterocycles. The van der Waals surface area contributed by atoms with Crippen molar-refractivity contribution in [3.63, 3.8) is 0 Å². The highest BCUT2D eigenvalue weighted by Crippen LogP contribution is 2.21. The number of rotatable bonds is 5. The number of alkyl halides is 1. The van der Waals surface area contributed by atoms with E-state index < -0.39 is 0 Å². The summed E-state index contributed by atoms with van der Waals surface area (Å²) in [6.07, 6.45) is 0.993. The summed E-state index contributed by atoms with van der Waals surface area (Å²) in [5.74, 6) is 1.36. The lowest BCUT2D eigenvalue weighted by Gasteiger charge is -2.08. The van der Waals surface area contributed by atoms with E-state index >= 15 is 0 Å². The molecule has 0 aliphatic carbocycles. The lowest BCUT2D eigenvalue weighted by atomic mass is 10.2. The molecule has 0 amide bonds. The number of thiophene rings is 1. The fraction of sp³-hybridized carbons (Fsp3) is 0.429. The molecule has 0 saturated carbocycles.